The van der Waals surface area contributed by atoms with Gasteiger partial charge in [0.2, 0.25) is 0 Å². The number of hydrogen-bond donors (Lipinski definition) is 1. The average Bonchev–Trinajstić information content (AvgIpc) is 3.21. The summed E-state index contributed by atoms with van der Waals surface area (Å²) in [5.74, 6) is 0.330. The monoisotopic (exact) mass is 421 g/mol. The number of aromatic nitrogens is 3. The maximum absolute atomic E-state index is 11.0. The molecule has 0 saturated carbocycles. The largest absolute Gasteiger partial charge is 0.505 e. The molecule has 3 aromatic rings. The number of unbranched alkanes of at least 4 members (excludes halogenated alkanes) is 9. The second-order valence-electron chi connectivity index (χ2n) is 8.78. The summed E-state index contributed by atoms with van der Waals surface area (Å²) >= 11 is 0. The number of hydrogen-bond acceptors (Lipinski definition) is 3. The van der Waals surface area contributed by atoms with Crippen molar-refractivity contribution in [1.82, 2.24) is 15.0 Å². The Kier molecular flexibility index (Phi) is 9.39. The van der Waals surface area contributed by atoms with Crippen molar-refractivity contribution in [2.75, 3.05) is 0 Å². The zero-order chi connectivity index (χ0) is 21.9. The Bertz CT molecular complexity index is 898. The van der Waals surface area contributed by atoms with Crippen molar-refractivity contribution < 1.29 is 5.11 Å². The van der Waals surface area contributed by atoms with Crippen LogP contribution in [0.1, 0.15) is 95.6 Å². The van der Waals surface area contributed by atoms with Gasteiger partial charge in [-0.1, -0.05) is 96.3 Å². The maximum Gasteiger partial charge on any atom is 0.146 e. The van der Waals surface area contributed by atoms with Gasteiger partial charge in [-0.3, -0.25) is 0 Å². The Morgan fingerprint density at radius 1 is 0.710 bits per heavy atom. The Balaban J connectivity index is 1.58. The standard InChI is InChI=1S/C27H39N3O/c1-3-5-6-7-8-9-10-11-12-13-17-23-20-22(16-4-2)21-26(27(23)31)30-28-24-18-14-15-19-25(24)29-30/h14-15,18-21,31H,3-13,16-17H2,1-2H3. The third-order valence-corrected chi connectivity index (χ3v) is 6.07. The van der Waals surface area contributed by atoms with Crippen molar-refractivity contribution in [2.24, 2.45) is 0 Å². The van der Waals surface area contributed by atoms with E-state index < -0.39 is 0 Å². The molecule has 4 nitrogen and oxygen atoms in total. The summed E-state index contributed by atoms with van der Waals surface area (Å²) < 4.78 is 0. The van der Waals surface area contributed by atoms with Crippen LogP contribution in [0.3, 0.4) is 0 Å². The second-order valence-corrected chi connectivity index (χ2v) is 8.78. The van der Waals surface area contributed by atoms with Crippen molar-refractivity contribution >= 4 is 11.0 Å². The van der Waals surface area contributed by atoms with Crippen molar-refractivity contribution in [3.05, 3.63) is 47.5 Å². The molecule has 3 rings (SSSR count). The number of fused-ring (bicyclic) bond motifs is 1. The molecule has 2 aromatic carbocycles. The van der Waals surface area contributed by atoms with Crippen LogP contribution < -0.4 is 0 Å². The van der Waals surface area contributed by atoms with Gasteiger partial charge in [-0.25, -0.2) is 0 Å². The van der Waals surface area contributed by atoms with Gasteiger partial charge in [0.15, 0.2) is 0 Å². The summed E-state index contributed by atoms with van der Waals surface area (Å²) in [6.07, 6.45) is 16.2. The molecule has 0 unspecified atom stereocenters. The summed E-state index contributed by atoms with van der Waals surface area (Å²) in [7, 11) is 0. The molecular formula is C27H39N3O. The number of phenols is 1. The van der Waals surface area contributed by atoms with Gasteiger partial charge < -0.3 is 5.11 Å². The van der Waals surface area contributed by atoms with E-state index in [1.165, 1.54) is 63.4 Å². The van der Waals surface area contributed by atoms with Crippen LogP contribution in [0.4, 0.5) is 0 Å². The van der Waals surface area contributed by atoms with Gasteiger partial charge in [0.25, 0.3) is 0 Å². The van der Waals surface area contributed by atoms with Crippen molar-refractivity contribution in [3.8, 4) is 11.4 Å². The molecule has 0 amide bonds. The third kappa shape index (κ3) is 6.81. The summed E-state index contributed by atoms with van der Waals surface area (Å²) in [6.45, 7) is 4.46. The summed E-state index contributed by atoms with van der Waals surface area (Å²) in [4.78, 5) is 1.60. The van der Waals surface area contributed by atoms with E-state index in [1.807, 2.05) is 30.3 Å². The second kappa shape index (κ2) is 12.5. The van der Waals surface area contributed by atoms with Crippen LogP contribution in [0.5, 0.6) is 5.75 Å². The fraction of sp³-hybridized carbons (Fsp3) is 0.556. The lowest BCUT2D eigenvalue weighted by Gasteiger charge is -2.12. The summed E-state index contributed by atoms with van der Waals surface area (Å²) in [6, 6.07) is 12.1. The lowest BCUT2D eigenvalue weighted by Crippen LogP contribution is -2.03. The molecule has 31 heavy (non-hydrogen) atoms. The van der Waals surface area contributed by atoms with Crippen LogP contribution in [-0.4, -0.2) is 20.1 Å². The van der Waals surface area contributed by atoms with Crippen LogP contribution in [0, 0.1) is 0 Å². The number of phenolic OH excluding ortho intramolecular Hbond substituents is 1. The smallest absolute Gasteiger partial charge is 0.146 e. The molecular weight excluding hydrogens is 382 g/mol. The first-order chi connectivity index (χ1) is 15.2. The average molecular weight is 422 g/mol. The number of rotatable bonds is 14. The Labute approximate surface area is 187 Å². The zero-order valence-electron chi connectivity index (χ0n) is 19.4. The minimum absolute atomic E-state index is 0.330. The maximum atomic E-state index is 11.0. The Hall–Kier alpha value is -2.36. The van der Waals surface area contributed by atoms with Crippen molar-refractivity contribution in [3.63, 3.8) is 0 Å². The lowest BCUT2D eigenvalue weighted by atomic mass is 9.99. The Morgan fingerprint density at radius 2 is 1.29 bits per heavy atom. The number of nitrogens with zero attached hydrogens (tertiary/aromatic N) is 3. The first-order valence-corrected chi connectivity index (χ1v) is 12.4. The predicted octanol–water partition coefficient (Wildman–Crippen LogP) is 7.54. The van der Waals surface area contributed by atoms with Gasteiger partial charge in [0, 0.05) is 0 Å². The molecule has 0 spiro atoms. The highest BCUT2D eigenvalue weighted by atomic mass is 16.3. The van der Waals surface area contributed by atoms with Crippen molar-refractivity contribution in [1.29, 1.82) is 0 Å². The normalized spacial score (nSPS) is 11.4. The van der Waals surface area contributed by atoms with E-state index in [4.69, 9.17) is 0 Å². The molecule has 4 heteroatoms. The van der Waals surface area contributed by atoms with E-state index in [0.29, 0.717) is 11.4 Å². The first kappa shape index (κ1) is 23.3. The molecule has 1 aromatic heterocycles. The van der Waals surface area contributed by atoms with Gasteiger partial charge in [-0.15, -0.1) is 15.0 Å². The number of aromatic hydroxyl groups is 1. The molecule has 0 aliphatic heterocycles. The van der Waals surface area contributed by atoms with E-state index in [2.05, 4.69) is 30.1 Å². The molecule has 0 fully saturated rings. The Morgan fingerprint density at radius 3 is 1.87 bits per heavy atom. The lowest BCUT2D eigenvalue weighted by molar-refractivity contribution is 0.458. The van der Waals surface area contributed by atoms with Crippen LogP contribution in [-0.2, 0) is 12.8 Å². The molecule has 1 heterocycles. The SMILES string of the molecule is CCCCCCCCCCCCc1cc(CCC)cc(-n2nc3ccccc3n2)c1O. The van der Waals surface area contributed by atoms with E-state index in [1.54, 1.807) is 4.80 Å². The fourth-order valence-corrected chi connectivity index (χ4v) is 4.29. The molecule has 0 bridgehead atoms. The zero-order valence-corrected chi connectivity index (χ0v) is 19.4. The molecule has 0 saturated heterocycles. The van der Waals surface area contributed by atoms with Crippen molar-refractivity contribution in [2.45, 2.75) is 97.3 Å². The van der Waals surface area contributed by atoms with Crippen LogP contribution in [0.25, 0.3) is 16.7 Å². The van der Waals surface area contributed by atoms with Crippen LogP contribution in [0.2, 0.25) is 0 Å². The van der Waals surface area contributed by atoms with Gasteiger partial charge in [-0.05, 0) is 48.6 Å². The molecule has 0 atom stereocenters. The fourth-order valence-electron chi connectivity index (χ4n) is 4.29. The van der Waals surface area contributed by atoms with E-state index in [9.17, 15) is 5.11 Å². The quantitative estimate of drug-likeness (QED) is 0.273. The minimum atomic E-state index is 0.330. The van der Waals surface area contributed by atoms with Crippen LogP contribution in [0.15, 0.2) is 36.4 Å². The van der Waals surface area contributed by atoms with Gasteiger partial charge in [0.1, 0.15) is 22.5 Å². The van der Waals surface area contributed by atoms with Gasteiger partial charge in [-0.2, -0.15) is 0 Å². The van der Waals surface area contributed by atoms with Crippen LogP contribution >= 0.6 is 0 Å². The number of aryl methyl sites for hydroxylation is 2. The predicted molar refractivity (Wildman–Crippen MR) is 130 cm³/mol. The number of benzene rings is 2. The first-order valence-electron chi connectivity index (χ1n) is 12.4. The third-order valence-electron chi connectivity index (χ3n) is 6.07. The van der Waals surface area contributed by atoms with E-state index in [-0.39, 0.29) is 0 Å². The summed E-state index contributed by atoms with van der Waals surface area (Å²) in [5.41, 5.74) is 4.67. The molecule has 0 aliphatic carbocycles. The highest BCUT2D eigenvalue weighted by Crippen LogP contribution is 2.30. The molecule has 0 radical (unpaired) electrons. The van der Waals surface area contributed by atoms with E-state index >= 15 is 0 Å². The van der Waals surface area contributed by atoms with E-state index in [0.717, 1.165) is 42.3 Å². The molecule has 168 valence electrons. The highest BCUT2D eigenvalue weighted by Gasteiger charge is 2.14. The highest BCUT2D eigenvalue weighted by molar-refractivity contribution is 5.73. The topological polar surface area (TPSA) is 50.9 Å². The molecule has 1 N–H and O–H groups in total. The minimum Gasteiger partial charge on any atom is -0.505 e. The summed E-state index contributed by atoms with van der Waals surface area (Å²) in [5, 5.41) is 20.2. The van der Waals surface area contributed by atoms with Gasteiger partial charge >= 0.3 is 0 Å². The molecule has 0 aliphatic rings. The van der Waals surface area contributed by atoms with Gasteiger partial charge in [0.05, 0.1) is 0 Å².